The van der Waals surface area contributed by atoms with Crippen LogP contribution in [0.3, 0.4) is 0 Å². The molecule has 0 aliphatic heterocycles. The van der Waals surface area contributed by atoms with Crippen molar-refractivity contribution in [3.8, 4) is 0 Å². The minimum atomic E-state index is 0.584. The van der Waals surface area contributed by atoms with Crippen molar-refractivity contribution in [2.75, 3.05) is 0 Å². The minimum absolute atomic E-state index is 0.584. The Hall–Kier alpha value is -0.830. The van der Waals surface area contributed by atoms with Crippen LogP contribution in [-0.2, 0) is 13.0 Å². The molecule has 1 aliphatic carbocycles. The van der Waals surface area contributed by atoms with Gasteiger partial charge in [-0.2, -0.15) is 0 Å². The van der Waals surface area contributed by atoms with Crippen LogP contribution in [0.25, 0.3) is 0 Å². The molecule has 0 saturated heterocycles. The molecule has 0 amide bonds. The zero-order chi connectivity index (χ0) is 11.4. The lowest BCUT2D eigenvalue weighted by Gasteiger charge is -2.20. The lowest BCUT2D eigenvalue weighted by molar-refractivity contribution is 0.338. The molecule has 16 heavy (non-hydrogen) atoms. The first-order chi connectivity index (χ1) is 7.79. The van der Waals surface area contributed by atoms with Crippen LogP contribution in [0.4, 0.5) is 0 Å². The van der Waals surface area contributed by atoms with Gasteiger partial charge in [0, 0.05) is 6.54 Å². The van der Waals surface area contributed by atoms with Crippen molar-refractivity contribution in [1.29, 1.82) is 0 Å². The Bertz CT molecular complexity index is 324. The molecule has 3 nitrogen and oxygen atoms in total. The zero-order valence-electron chi connectivity index (χ0n) is 10.3. The topological polar surface area (TPSA) is 54.7 Å². The van der Waals surface area contributed by atoms with Crippen LogP contribution in [-0.4, -0.2) is 9.97 Å². The van der Waals surface area contributed by atoms with Crippen LogP contribution in [0.2, 0.25) is 0 Å². The van der Waals surface area contributed by atoms with E-state index < -0.39 is 0 Å². The van der Waals surface area contributed by atoms with Crippen molar-refractivity contribution in [1.82, 2.24) is 9.97 Å². The van der Waals surface area contributed by atoms with Gasteiger partial charge in [0.25, 0.3) is 0 Å². The predicted octanol–water partition coefficient (Wildman–Crippen LogP) is 2.69. The Labute approximate surface area is 97.8 Å². The maximum Gasteiger partial charge on any atom is 0.103 e. The highest BCUT2D eigenvalue weighted by Crippen LogP contribution is 2.27. The summed E-state index contributed by atoms with van der Waals surface area (Å²) in [5.74, 6) is 1.93. The van der Waals surface area contributed by atoms with Gasteiger partial charge >= 0.3 is 0 Å². The zero-order valence-corrected chi connectivity index (χ0v) is 10.3. The first-order valence-corrected chi connectivity index (χ1v) is 6.54. The van der Waals surface area contributed by atoms with E-state index in [0.29, 0.717) is 6.54 Å². The average molecular weight is 221 g/mol. The molecule has 3 N–H and O–H groups in total. The van der Waals surface area contributed by atoms with Crippen molar-refractivity contribution in [2.24, 2.45) is 11.7 Å². The molecule has 1 fully saturated rings. The van der Waals surface area contributed by atoms with E-state index in [9.17, 15) is 0 Å². The smallest absolute Gasteiger partial charge is 0.103 e. The fraction of sp³-hybridized carbons (Fsp3) is 0.769. The lowest BCUT2D eigenvalue weighted by Crippen LogP contribution is -2.09. The third-order valence-electron chi connectivity index (χ3n) is 3.70. The molecule has 1 aromatic heterocycles. The molecule has 2 rings (SSSR count). The van der Waals surface area contributed by atoms with Crippen LogP contribution in [0.1, 0.15) is 55.7 Å². The Kier molecular flexibility index (Phi) is 3.99. The molecule has 0 spiro atoms. The Morgan fingerprint density at radius 2 is 2.06 bits per heavy atom. The second-order valence-electron chi connectivity index (χ2n) is 4.99. The third kappa shape index (κ3) is 2.85. The van der Waals surface area contributed by atoms with Crippen molar-refractivity contribution >= 4 is 0 Å². The molecular formula is C13H23N3. The van der Waals surface area contributed by atoms with E-state index in [-0.39, 0.29) is 0 Å². The van der Waals surface area contributed by atoms with Crippen LogP contribution in [0.5, 0.6) is 0 Å². The van der Waals surface area contributed by atoms with E-state index in [2.05, 4.69) is 9.97 Å². The summed E-state index contributed by atoms with van der Waals surface area (Å²) in [7, 11) is 0. The molecule has 1 saturated carbocycles. The molecule has 3 heteroatoms. The highest BCUT2D eigenvalue weighted by molar-refractivity contribution is 5.14. The first-order valence-electron chi connectivity index (χ1n) is 6.54. The number of nitrogens with one attached hydrogen (secondary N) is 1. The molecule has 1 aliphatic rings. The number of nitrogens with zero attached hydrogens (tertiary/aromatic N) is 1. The molecule has 1 aromatic rings. The Balaban J connectivity index is 1.87. The lowest BCUT2D eigenvalue weighted by atomic mass is 9.86. The highest BCUT2D eigenvalue weighted by atomic mass is 14.9. The number of nitrogens with two attached hydrogens (primary N) is 1. The van der Waals surface area contributed by atoms with Gasteiger partial charge in [0.05, 0.1) is 11.4 Å². The monoisotopic (exact) mass is 221 g/mol. The van der Waals surface area contributed by atoms with Gasteiger partial charge in [0.1, 0.15) is 5.82 Å². The average Bonchev–Trinajstić information content (AvgIpc) is 2.68. The summed E-state index contributed by atoms with van der Waals surface area (Å²) in [6.45, 7) is 2.59. The van der Waals surface area contributed by atoms with Crippen molar-refractivity contribution in [2.45, 2.75) is 58.4 Å². The van der Waals surface area contributed by atoms with Gasteiger partial charge in [0.15, 0.2) is 0 Å². The number of H-pyrrole nitrogens is 1. The third-order valence-corrected chi connectivity index (χ3v) is 3.70. The van der Waals surface area contributed by atoms with E-state index in [1.54, 1.807) is 0 Å². The normalized spacial score (nSPS) is 17.9. The van der Waals surface area contributed by atoms with Crippen molar-refractivity contribution < 1.29 is 0 Å². The molecule has 0 radical (unpaired) electrons. The molecule has 0 unspecified atom stereocenters. The molecule has 0 atom stereocenters. The van der Waals surface area contributed by atoms with Crippen LogP contribution in [0.15, 0.2) is 0 Å². The maximum atomic E-state index is 5.70. The van der Waals surface area contributed by atoms with Gasteiger partial charge in [-0.3, -0.25) is 0 Å². The van der Waals surface area contributed by atoms with E-state index in [1.165, 1.54) is 44.2 Å². The first kappa shape index (κ1) is 11.6. The number of aromatic nitrogens is 2. The van der Waals surface area contributed by atoms with E-state index in [1.807, 2.05) is 6.92 Å². The summed E-state index contributed by atoms with van der Waals surface area (Å²) in [6.07, 6.45) is 9.51. The van der Waals surface area contributed by atoms with Gasteiger partial charge in [0.2, 0.25) is 0 Å². The Morgan fingerprint density at radius 3 is 2.75 bits per heavy atom. The van der Waals surface area contributed by atoms with Crippen molar-refractivity contribution in [3.63, 3.8) is 0 Å². The van der Waals surface area contributed by atoms with Gasteiger partial charge in [-0.15, -0.1) is 0 Å². The fourth-order valence-electron chi connectivity index (χ4n) is 2.78. The highest BCUT2D eigenvalue weighted by Gasteiger charge is 2.15. The number of aromatic amines is 1. The molecule has 0 bridgehead atoms. The maximum absolute atomic E-state index is 5.70. The molecule has 0 aromatic carbocycles. The summed E-state index contributed by atoms with van der Waals surface area (Å²) in [5.41, 5.74) is 8.03. The fourth-order valence-corrected chi connectivity index (χ4v) is 2.78. The SMILES string of the molecule is Cc1nc(CCC2CCCCC2)c(CN)[nH]1. The van der Waals surface area contributed by atoms with Crippen LogP contribution in [0, 0.1) is 12.8 Å². The van der Waals surface area contributed by atoms with Gasteiger partial charge in [-0.25, -0.2) is 4.98 Å². The van der Waals surface area contributed by atoms with E-state index >= 15 is 0 Å². The van der Waals surface area contributed by atoms with E-state index in [4.69, 9.17) is 5.73 Å². The molecular weight excluding hydrogens is 198 g/mol. The summed E-state index contributed by atoms with van der Waals surface area (Å²) in [4.78, 5) is 7.78. The van der Waals surface area contributed by atoms with E-state index in [0.717, 1.165) is 23.9 Å². The minimum Gasteiger partial charge on any atom is -0.345 e. The molecule has 90 valence electrons. The number of aryl methyl sites for hydroxylation is 2. The van der Waals surface area contributed by atoms with Gasteiger partial charge in [-0.05, 0) is 25.7 Å². The summed E-state index contributed by atoms with van der Waals surface area (Å²) >= 11 is 0. The summed E-state index contributed by atoms with van der Waals surface area (Å²) in [6, 6.07) is 0. The molecule has 1 heterocycles. The van der Waals surface area contributed by atoms with Gasteiger partial charge < -0.3 is 10.7 Å². The second kappa shape index (κ2) is 5.48. The number of hydrogen-bond donors (Lipinski definition) is 2. The largest absolute Gasteiger partial charge is 0.345 e. The van der Waals surface area contributed by atoms with Gasteiger partial charge in [-0.1, -0.05) is 32.1 Å². The van der Waals surface area contributed by atoms with Crippen molar-refractivity contribution in [3.05, 3.63) is 17.2 Å². The standard InChI is InChI=1S/C13H23N3/c1-10-15-12(13(9-14)16-10)8-7-11-5-3-2-4-6-11/h11H,2-9,14H2,1H3,(H,15,16). The second-order valence-corrected chi connectivity index (χ2v) is 4.99. The summed E-state index contributed by atoms with van der Waals surface area (Å²) < 4.78 is 0. The number of imidazole rings is 1. The predicted molar refractivity (Wildman–Crippen MR) is 66.1 cm³/mol. The van der Waals surface area contributed by atoms with Crippen LogP contribution >= 0.6 is 0 Å². The number of hydrogen-bond acceptors (Lipinski definition) is 2. The Morgan fingerprint density at radius 1 is 1.31 bits per heavy atom. The van der Waals surface area contributed by atoms with Crippen LogP contribution < -0.4 is 5.73 Å². The quantitative estimate of drug-likeness (QED) is 0.821. The number of rotatable bonds is 4. The summed E-state index contributed by atoms with van der Waals surface area (Å²) in [5, 5.41) is 0.